The average molecular weight is 294 g/mol. The first-order valence-electron chi connectivity index (χ1n) is 5.28. The molecule has 2 rings (SSSR count). The zero-order chi connectivity index (χ0) is 14.5. The number of H-pyrrole nitrogens is 1. The van der Waals surface area contributed by atoms with E-state index in [1.54, 1.807) is 0 Å². The highest BCUT2D eigenvalue weighted by Gasteiger charge is 2.11. The van der Waals surface area contributed by atoms with Crippen LogP contribution in [-0.4, -0.2) is 27.0 Å². The molecule has 0 amide bonds. The second-order valence-corrected chi connectivity index (χ2v) is 4.00. The quantitative estimate of drug-likeness (QED) is 0.421. The molecular weight excluding hydrogens is 286 g/mol. The van der Waals surface area contributed by atoms with E-state index in [1.165, 1.54) is 24.5 Å². The van der Waals surface area contributed by atoms with Crippen LogP contribution in [0, 0.1) is 5.41 Å². The number of pyridine rings is 1. The summed E-state index contributed by atoms with van der Waals surface area (Å²) in [6, 6.07) is 3.82. The molecule has 0 bridgehead atoms. The fourth-order valence-electron chi connectivity index (χ4n) is 1.22. The molecule has 0 saturated heterocycles. The van der Waals surface area contributed by atoms with Crippen LogP contribution in [0.25, 0.3) is 0 Å². The van der Waals surface area contributed by atoms with E-state index >= 15 is 0 Å². The molecule has 2 aromatic rings. The molecule has 20 heavy (non-hydrogen) atoms. The number of halogens is 1. The lowest BCUT2D eigenvalue weighted by Gasteiger charge is -2.07. The summed E-state index contributed by atoms with van der Waals surface area (Å²) in [4.78, 5) is 30.8. The van der Waals surface area contributed by atoms with Crippen molar-refractivity contribution < 1.29 is 9.63 Å². The zero-order valence-electron chi connectivity index (χ0n) is 9.88. The Morgan fingerprint density at radius 2 is 2.20 bits per heavy atom. The van der Waals surface area contributed by atoms with Crippen LogP contribution in [0.15, 0.2) is 35.4 Å². The van der Waals surface area contributed by atoms with Crippen LogP contribution in [0.5, 0.6) is 0 Å². The Balaban J connectivity index is 1.98. The van der Waals surface area contributed by atoms with Gasteiger partial charge in [-0.3, -0.25) is 15.2 Å². The van der Waals surface area contributed by atoms with E-state index in [0.717, 1.165) is 6.07 Å². The fourth-order valence-corrected chi connectivity index (χ4v) is 1.39. The molecule has 2 aromatic heterocycles. The van der Waals surface area contributed by atoms with Crippen LogP contribution in [0.1, 0.15) is 16.1 Å². The zero-order valence-corrected chi connectivity index (χ0v) is 10.6. The minimum Gasteiger partial charge on any atom is -0.335 e. The van der Waals surface area contributed by atoms with Gasteiger partial charge in [0.05, 0.1) is 5.02 Å². The number of nitrogens with zero attached hydrogens (tertiary/aromatic N) is 2. The third-order valence-corrected chi connectivity index (χ3v) is 2.33. The van der Waals surface area contributed by atoms with E-state index in [1.807, 2.05) is 0 Å². The Hall–Kier alpha value is -2.74. The molecule has 8 nitrogen and oxygen atoms in total. The molecule has 0 radical (unpaired) electrons. The van der Waals surface area contributed by atoms with Crippen LogP contribution in [0.4, 0.5) is 0 Å². The van der Waals surface area contributed by atoms with Crippen molar-refractivity contribution in [2.24, 2.45) is 0 Å². The van der Waals surface area contributed by atoms with Gasteiger partial charge in [-0.25, -0.2) is 9.89 Å². The predicted octanol–water partition coefficient (Wildman–Crippen LogP) is 0.505. The van der Waals surface area contributed by atoms with Crippen molar-refractivity contribution in [2.75, 3.05) is 0 Å². The minimum absolute atomic E-state index is 0.103. The Bertz CT molecular complexity index is 695. The van der Waals surface area contributed by atoms with Gasteiger partial charge < -0.3 is 4.84 Å². The highest BCUT2D eigenvalue weighted by atomic mass is 35.5. The molecule has 3 N–H and O–H groups in total. The molecule has 0 spiro atoms. The molecule has 102 valence electrons. The first kappa shape index (κ1) is 13.7. The normalized spacial score (nSPS) is 9.85. The lowest BCUT2D eigenvalue weighted by molar-refractivity contribution is 0.0377. The lowest BCUT2D eigenvalue weighted by atomic mass is 10.3. The molecule has 0 saturated carbocycles. The number of nitrogens with one attached hydrogen (secondary N) is 3. The molecule has 0 fully saturated rings. The number of hydroxylamine groups is 1. The van der Waals surface area contributed by atoms with Gasteiger partial charge in [0, 0.05) is 24.0 Å². The maximum absolute atomic E-state index is 11.6. The summed E-state index contributed by atoms with van der Waals surface area (Å²) in [6.07, 6.45) is 2.79. The molecule has 0 unspecified atom stereocenters. The molecule has 0 atom stereocenters. The summed E-state index contributed by atoms with van der Waals surface area (Å²) in [7, 11) is 0. The fraction of sp³-hybridized carbons (Fsp3) is 0. The Morgan fingerprint density at radius 3 is 2.85 bits per heavy atom. The van der Waals surface area contributed by atoms with Gasteiger partial charge in [0.1, 0.15) is 0 Å². The summed E-state index contributed by atoms with van der Waals surface area (Å²) >= 11 is 5.72. The number of hydrogen-bond donors (Lipinski definition) is 3. The van der Waals surface area contributed by atoms with Gasteiger partial charge in [0.25, 0.3) is 5.56 Å². The lowest BCUT2D eigenvalue weighted by Crippen LogP contribution is -2.28. The molecule has 2 heterocycles. The highest BCUT2D eigenvalue weighted by molar-refractivity contribution is 6.30. The van der Waals surface area contributed by atoms with Crippen molar-refractivity contribution in [2.45, 2.75) is 0 Å². The predicted molar refractivity (Wildman–Crippen MR) is 69.5 cm³/mol. The van der Waals surface area contributed by atoms with Gasteiger partial charge in [-0.1, -0.05) is 11.6 Å². The Labute approximate surface area is 117 Å². The summed E-state index contributed by atoms with van der Waals surface area (Å²) in [5.74, 6) is -1.04. The third-order valence-electron chi connectivity index (χ3n) is 2.13. The second kappa shape index (κ2) is 5.93. The SMILES string of the molecule is N=C(NOC(=O)c1ccc(=O)[nH]n1)c1cncc(Cl)c1. The molecule has 0 aliphatic rings. The van der Waals surface area contributed by atoms with Crippen LogP contribution >= 0.6 is 11.6 Å². The van der Waals surface area contributed by atoms with E-state index in [0.29, 0.717) is 10.6 Å². The van der Waals surface area contributed by atoms with Gasteiger partial charge >= 0.3 is 5.97 Å². The number of aromatic nitrogens is 3. The summed E-state index contributed by atoms with van der Waals surface area (Å²) < 4.78 is 0. The number of amidine groups is 1. The first-order valence-corrected chi connectivity index (χ1v) is 5.66. The average Bonchev–Trinajstić information content (AvgIpc) is 2.45. The van der Waals surface area contributed by atoms with Gasteiger partial charge in [0.2, 0.25) is 0 Å². The van der Waals surface area contributed by atoms with Crippen molar-refractivity contribution in [1.82, 2.24) is 20.7 Å². The number of carbonyl (C=O) groups is 1. The third kappa shape index (κ3) is 3.39. The van der Waals surface area contributed by atoms with Crippen molar-refractivity contribution in [3.63, 3.8) is 0 Å². The van der Waals surface area contributed by atoms with E-state index < -0.39 is 11.5 Å². The Morgan fingerprint density at radius 1 is 1.40 bits per heavy atom. The molecule has 9 heteroatoms. The number of aromatic amines is 1. The second-order valence-electron chi connectivity index (χ2n) is 3.56. The van der Waals surface area contributed by atoms with E-state index in [9.17, 15) is 9.59 Å². The van der Waals surface area contributed by atoms with Crippen LogP contribution in [-0.2, 0) is 4.84 Å². The number of rotatable bonds is 2. The Kier molecular flexibility index (Phi) is 4.06. The van der Waals surface area contributed by atoms with Gasteiger partial charge in [-0.15, -0.1) is 0 Å². The smallest absolute Gasteiger partial charge is 0.335 e. The van der Waals surface area contributed by atoms with Gasteiger partial charge in [0.15, 0.2) is 11.5 Å². The molecule has 0 aliphatic heterocycles. The molecular formula is C11H8ClN5O3. The summed E-state index contributed by atoms with van der Waals surface area (Å²) in [6.45, 7) is 0. The van der Waals surface area contributed by atoms with Crippen LogP contribution in [0.3, 0.4) is 0 Å². The maximum atomic E-state index is 11.6. The topological polar surface area (TPSA) is 121 Å². The highest BCUT2D eigenvalue weighted by Crippen LogP contribution is 2.08. The monoisotopic (exact) mass is 293 g/mol. The van der Waals surface area contributed by atoms with Crippen molar-refractivity contribution >= 4 is 23.4 Å². The minimum atomic E-state index is -0.846. The van der Waals surface area contributed by atoms with Crippen molar-refractivity contribution in [3.05, 3.63) is 57.2 Å². The van der Waals surface area contributed by atoms with Crippen molar-refractivity contribution in [3.8, 4) is 0 Å². The summed E-state index contributed by atoms with van der Waals surface area (Å²) in [5.41, 5.74) is 1.95. The van der Waals surface area contributed by atoms with Gasteiger partial charge in [-0.05, 0) is 12.1 Å². The number of carbonyl (C=O) groups excluding carboxylic acids is 1. The molecule has 0 aromatic carbocycles. The standard InChI is InChI=1S/C11H8ClN5O3/c12-7-3-6(4-14-5-7)10(13)17-20-11(19)8-1-2-9(18)16-15-8/h1-5H,(H2,13,17)(H,16,18). The van der Waals surface area contributed by atoms with E-state index in [-0.39, 0.29) is 11.5 Å². The van der Waals surface area contributed by atoms with Crippen molar-refractivity contribution in [1.29, 1.82) is 5.41 Å². The first-order chi connectivity index (χ1) is 9.56. The van der Waals surface area contributed by atoms with Crippen LogP contribution < -0.4 is 11.0 Å². The maximum Gasteiger partial charge on any atom is 0.382 e. The van der Waals surface area contributed by atoms with E-state index in [4.69, 9.17) is 17.0 Å². The largest absolute Gasteiger partial charge is 0.382 e. The molecule has 0 aliphatic carbocycles. The van der Waals surface area contributed by atoms with Gasteiger partial charge in [-0.2, -0.15) is 10.6 Å². The van der Waals surface area contributed by atoms with E-state index in [2.05, 4.69) is 25.5 Å². The van der Waals surface area contributed by atoms with Crippen LogP contribution in [0.2, 0.25) is 5.02 Å². The summed E-state index contributed by atoms with van der Waals surface area (Å²) in [5, 5.41) is 13.6. The number of hydrogen-bond acceptors (Lipinski definition) is 6.